The number of anilines is 1. The summed E-state index contributed by atoms with van der Waals surface area (Å²) in [6, 6.07) is 21.0. The monoisotopic (exact) mass is 361 g/mol. The van der Waals surface area contributed by atoms with E-state index in [0.29, 0.717) is 25.4 Å². The van der Waals surface area contributed by atoms with Crippen LogP contribution >= 0.6 is 0 Å². The summed E-state index contributed by atoms with van der Waals surface area (Å²) in [4.78, 5) is 28.8. The number of ether oxygens (including phenoxy) is 1. The van der Waals surface area contributed by atoms with Crippen LogP contribution in [0.5, 0.6) is 0 Å². The fourth-order valence-electron chi connectivity index (χ4n) is 3.05. The smallest absolute Gasteiger partial charge is 0.414 e. The molecule has 2 N–H and O–H groups in total. The first-order valence-electron chi connectivity index (χ1n) is 8.76. The molecule has 4 rings (SSSR count). The minimum Gasteiger partial charge on any atom is -0.447 e. The molecule has 0 aliphatic carbocycles. The zero-order valence-electron chi connectivity index (χ0n) is 14.6. The van der Waals surface area contributed by atoms with Crippen LogP contribution < -0.4 is 10.2 Å². The molecule has 1 fully saturated rings. The van der Waals surface area contributed by atoms with Gasteiger partial charge in [0.15, 0.2) is 0 Å². The predicted octanol–water partition coefficient (Wildman–Crippen LogP) is 3.57. The molecule has 2 amide bonds. The maximum atomic E-state index is 12.4. The van der Waals surface area contributed by atoms with E-state index in [1.807, 2.05) is 60.7 Å². The molecule has 1 aromatic heterocycles. The van der Waals surface area contributed by atoms with Crippen molar-refractivity contribution in [3.05, 3.63) is 78.0 Å². The highest BCUT2D eigenvalue weighted by Gasteiger charge is 2.23. The van der Waals surface area contributed by atoms with Crippen LogP contribution in [-0.2, 0) is 11.3 Å². The fourth-order valence-corrected chi connectivity index (χ4v) is 3.05. The average molecular weight is 361 g/mol. The SMILES string of the molecule is O=C(NCc1cccc(N2CCOC2=O)c1)c1ccc(-c2ccccc2)[nH]1. The minimum atomic E-state index is -0.337. The van der Waals surface area contributed by atoms with E-state index in [9.17, 15) is 9.59 Å². The highest BCUT2D eigenvalue weighted by atomic mass is 16.6. The average Bonchev–Trinajstić information content (AvgIpc) is 3.36. The summed E-state index contributed by atoms with van der Waals surface area (Å²) in [5, 5.41) is 2.90. The molecule has 136 valence electrons. The van der Waals surface area contributed by atoms with Gasteiger partial charge in [0.2, 0.25) is 0 Å². The van der Waals surface area contributed by atoms with Crippen LogP contribution in [0.25, 0.3) is 11.3 Å². The number of hydrogen-bond donors (Lipinski definition) is 2. The van der Waals surface area contributed by atoms with Crippen molar-refractivity contribution in [3.8, 4) is 11.3 Å². The summed E-state index contributed by atoms with van der Waals surface area (Å²) in [6.45, 7) is 1.31. The van der Waals surface area contributed by atoms with Gasteiger partial charge in [0, 0.05) is 17.9 Å². The van der Waals surface area contributed by atoms with Crippen molar-refractivity contribution in [1.29, 1.82) is 0 Å². The Bertz CT molecular complexity index is 966. The lowest BCUT2D eigenvalue weighted by molar-refractivity contribution is 0.0946. The van der Waals surface area contributed by atoms with Crippen LogP contribution in [0, 0.1) is 0 Å². The van der Waals surface area contributed by atoms with Crippen molar-refractivity contribution in [3.63, 3.8) is 0 Å². The number of cyclic esters (lactones) is 1. The number of carbonyl (C=O) groups excluding carboxylic acids is 2. The lowest BCUT2D eigenvalue weighted by Gasteiger charge is -2.14. The van der Waals surface area contributed by atoms with Crippen LogP contribution in [0.2, 0.25) is 0 Å². The second kappa shape index (κ2) is 7.37. The van der Waals surface area contributed by atoms with E-state index in [0.717, 1.165) is 22.5 Å². The second-order valence-electron chi connectivity index (χ2n) is 6.27. The van der Waals surface area contributed by atoms with Gasteiger partial charge in [-0.15, -0.1) is 0 Å². The van der Waals surface area contributed by atoms with Gasteiger partial charge in [0.1, 0.15) is 12.3 Å². The highest BCUT2D eigenvalue weighted by Crippen LogP contribution is 2.20. The third-order valence-electron chi connectivity index (χ3n) is 4.45. The van der Waals surface area contributed by atoms with Crippen LogP contribution in [0.1, 0.15) is 16.1 Å². The molecule has 0 spiro atoms. The van der Waals surface area contributed by atoms with Gasteiger partial charge in [-0.25, -0.2) is 4.79 Å². The van der Waals surface area contributed by atoms with Gasteiger partial charge in [-0.1, -0.05) is 42.5 Å². The van der Waals surface area contributed by atoms with Gasteiger partial charge in [0.25, 0.3) is 5.91 Å². The normalized spacial score (nSPS) is 13.5. The van der Waals surface area contributed by atoms with E-state index in [-0.39, 0.29) is 12.0 Å². The zero-order valence-corrected chi connectivity index (χ0v) is 14.6. The van der Waals surface area contributed by atoms with Gasteiger partial charge < -0.3 is 15.0 Å². The number of aromatic nitrogens is 1. The molecule has 6 heteroatoms. The summed E-state index contributed by atoms with van der Waals surface area (Å²) < 4.78 is 4.97. The summed E-state index contributed by atoms with van der Waals surface area (Å²) in [5.74, 6) is -0.178. The standard InChI is InChI=1S/C21H19N3O3/c25-20(19-10-9-18(23-19)16-6-2-1-3-7-16)22-14-15-5-4-8-17(13-15)24-11-12-27-21(24)26/h1-10,13,23H,11-12,14H2,(H,22,25). The first-order valence-corrected chi connectivity index (χ1v) is 8.76. The molecule has 2 heterocycles. The zero-order chi connectivity index (χ0) is 18.6. The van der Waals surface area contributed by atoms with E-state index in [2.05, 4.69) is 10.3 Å². The number of hydrogen-bond acceptors (Lipinski definition) is 3. The van der Waals surface area contributed by atoms with E-state index >= 15 is 0 Å². The molecule has 0 unspecified atom stereocenters. The highest BCUT2D eigenvalue weighted by molar-refractivity contribution is 5.93. The first kappa shape index (κ1) is 16.9. The predicted molar refractivity (Wildman–Crippen MR) is 103 cm³/mol. The number of rotatable bonds is 5. The van der Waals surface area contributed by atoms with Crippen LogP contribution in [-0.4, -0.2) is 30.1 Å². The van der Waals surface area contributed by atoms with E-state index in [1.54, 1.807) is 11.0 Å². The minimum absolute atomic E-state index is 0.178. The molecule has 1 aliphatic heterocycles. The number of nitrogens with zero attached hydrogens (tertiary/aromatic N) is 1. The Morgan fingerprint density at radius 3 is 2.70 bits per heavy atom. The molecular formula is C21H19N3O3. The molecule has 0 saturated carbocycles. The van der Waals surface area contributed by atoms with Crippen molar-refractivity contribution in [2.75, 3.05) is 18.1 Å². The molecule has 3 aromatic rings. The molecule has 2 aromatic carbocycles. The fraction of sp³-hybridized carbons (Fsp3) is 0.143. The van der Waals surface area contributed by atoms with Gasteiger partial charge in [-0.05, 0) is 35.4 Å². The molecular weight excluding hydrogens is 342 g/mol. The van der Waals surface area contributed by atoms with Crippen molar-refractivity contribution in [1.82, 2.24) is 10.3 Å². The van der Waals surface area contributed by atoms with Gasteiger partial charge in [-0.2, -0.15) is 0 Å². The number of nitrogens with one attached hydrogen (secondary N) is 2. The van der Waals surface area contributed by atoms with E-state index < -0.39 is 0 Å². The molecule has 1 aliphatic rings. The molecule has 6 nitrogen and oxygen atoms in total. The van der Waals surface area contributed by atoms with Crippen LogP contribution in [0.15, 0.2) is 66.7 Å². The van der Waals surface area contributed by atoms with E-state index in [1.165, 1.54) is 0 Å². The summed E-state index contributed by atoms with van der Waals surface area (Å²) in [7, 11) is 0. The third-order valence-corrected chi connectivity index (χ3v) is 4.45. The topological polar surface area (TPSA) is 74.4 Å². The number of amides is 2. The Morgan fingerprint density at radius 2 is 1.93 bits per heavy atom. The number of H-pyrrole nitrogens is 1. The Kier molecular flexibility index (Phi) is 4.61. The second-order valence-corrected chi connectivity index (χ2v) is 6.27. The molecule has 1 saturated heterocycles. The van der Waals surface area contributed by atoms with Gasteiger partial charge >= 0.3 is 6.09 Å². The maximum absolute atomic E-state index is 12.4. The van der Waals surface area contributed by atoms with Crippen LogP contribution in [0.3, 0.4) is 0 Å². The number of benzene rings is 2. The Labute approximate surface area is 156 Å². The Hall–Kier alpha value is -3.54. The maximum Gasteiger partial charge on any atom is 0.414 e. The third kappa shape index (κ3) is 3.69. The van der Waals surface area contributed by atoms with Gasteiger partial charge in [0.05, 0.1) is 6.54 Å². The molecule has 0 radical (unpaired) electrons. The van der Waals surface area contributed by atoms with Crippen molar-refractivity contribution in [2.45, 2.75) is 6.54 Å². The summed E-state index contributed by atoms with van der Waals surface area (Å²) in [6.07, 6.45) is -0.337. The Balaban J connectivity index is 1.41. The Morgan fingerprint density at radius 1 is 1.07 bits per heavy atom. The summed E-state index contributed by atoms with van der Waals surface area (Å²) >= 11 is 0. The number of aromatic amines is 1. The van der Waals surface area contributed by atoms with Crippen molar-refractivity contribution >= 4 is 17.7 Å². The van der Waals surface area contributed by atoms with Crippen molar-refractivity contribution < 1.29 is 14.3 Å². The quantitative estimate of drug-likeness (QED) is 0.730. The largest absolute Gasteiger partial charge is 0.447 e. The van der Waals surface area contributed by atoms with Crippen molar-refractivity contribution in [2.24, 2.45) is 0 Å². The summed E-state index contributed by atoms with van der Waals surface area (Å²) in [5.41, 5.74) is 4.12. The lowest BCUT2D eigenvalue weighted by atomic mass is 10.2. The van der Waals surface area contributed by atoms with Crippen LogP contribution in [0.4, 0.5) is 10.5 Å². The lowest BCUT2D eigenvalue weighted by Crippen LogP contribution is -2.25. The first-order chi connectivity index (χ1) is 13.2. The van der Waals surface area contributed by atoms with E-state index in [4.69, 9.17) is 4.74 Å². The molecule has 0 atom stereocenters. The van der Waals surface area contributed by atoms with Gasteiger partial charge in [-0.3, -0.25) is 9.69 Å². The number of carbonyl (C=O) groups is 2. The molecule has 27 heavy (non-hydrogen) atoms. The molecule has 0 bridgehead atoms.